The number of nitrogens with zero attached hydrogens (tertiary/aromatic N) is 1. The molecular formula is C20H21AsN. The molecule has 0 aliphatic heterocycles. The number of allylic oxidation sites excluding steroid dienone is 2. The van der Waals surface area contributed by atoms with Gasteiger partial charge in [0.05, 0.1) is 0 Å². The molecule has 0 spiro atoms. The summed E-state index contributed by atoms with van der Waals surface area (Å²) in [6, 6.07) is 22.0. The fourth-order valence-electron chi connectivity index (χ4n) is 2.72. The van der Waals surface area contributed by atoms with Crippen molar-refractivity contribution in [1.82, 2.24) is 4.90 Å². The summed E-state index contributed by atoms with van der Waals surface area (Å²) in [7, 11) is 4.28. The monoisotopic (exact) mass is 350 g/mol. The van der Waals surface area contributed by atoms with Gasteiger partial charge >= 0.3 is 138 Å². The van der Waals surface area contributed by atoms with Gasteiger partial charge in [0.15, 0.2) is 0 Å². The van der Waals surface area contributed by atoms with Crippen LogP contribution in [-0.2, 0) is 0 Å². The van der Waals surface area contributed by atoms with Crippen LogP contribution in [0.4, 0.5) is 0 Å². The predicted molar refractivity (Wildman–Crippen MR) is 96.9 cm³/mol. The van der Waals surface area contributed by atoms with Crippen LogP contribution in [-0.4, -0.2) is 40.2 Å². The Morgan fingerprint density at radius 3 is 1.86 bits per heavy atom. The molecule has 0 atom stereocenters. The minimum absolute atomic E-state index is 1.01. The third kappa shape index (κ3) is 3.43. The van der Waals surface area contributed by atoms with Gasteiger partial charge in [0.2, 0.25) is 0 Å². The van der Waals surface area contributed by atoms with Gasteiger partial charge in [0.1, 0.15) is 0 Å². The van der Waals surface area contributed by atoms with Gasteiger partial charge < -0.3 is 0 Å². The van der Waals surface area contributed by atoms with E-state index in [4.69, 9.17) is 0 Å². The van der Waals surface area contributed by atoms with Crippen molar-refractivity contribution in [2.75, 3.05) is 20.6 Å². The van der Waals surface area contributed by atoms with Crippen LogP contribution >= 0.6 is 0 Å². The van der Waals surface area contributed by atoms with Crippen molar-refractivity contribution in [3.63, 3.8) is 0 Å². The van der Waals surface area contributed by atoms with Crippen LogP contribution in [0, 0.1) is 5.92 Å². The van der Waals surface area contributed by atoms with Gasteiger partial charge in [-0.05, 0) is 0 Å². The van der Waals surface area contributed by atoms with Gasteiger partial charge in [0, 0.05) is 0 Å². The SMILES string of the molecule is CN(C)C[C]1C=CC=C1[As](c1ccccc1)c1ccccc1. The summed E-state index contributed by atoms with van der Waals surface area (Å²) in [5.74, 6) is 1.47. The quantitative estimate of drug-likeness (QED) is 0.749. The van der Waals surface area contributed by atoms with Crippen molar-refractivity contribution in [3.05, 3.63) is 89.2 Å². The molecule has 1 aliphatic carbocycles. The van der Waals surface area contributed by atoms with E-state index >= 15 is 0 Å². The molecule has 22 heavy (non-hydrogen) atoms. The topological polar surface area (TPSA) is 3.24 Å². The Bertz CT molecular complexity index is 619. The molecule has 2 aromatic carbocycles. The maximum atomic E-state index is 2.33. The van der Waals surface area contributed by atoms with Crippen molar-refractivity contribution < 1.29 is 0 Å². The second-order valence-corrected chi connectivity index (χ2v) is 10.3. The van der Waals surface area contributed by atoms with Crippen LogP contribution in [0.2, 0.25) is 0 Å². The van der Waals surface area contributed by atoms with E-state index in [1.54, 1.807) is 4.36 Å². The second-order valence-electron chi connectivity index (χ2n) is 5.68. The molecular weight excluding hydrogens is 329 g/mol. The Kier molecular flexibility index (Phi) is 4.97. The summed E-state index contributed by atoms with van der Waals surface area (Å²) in [5, 5.41) is 0. The number of hydrogen-bond donors (Lipinski definition) is 0. The Morgan fingerprint density at radius 2 is 1.36 bits per heavy atom. The van der Waals surface area contributed by atoms with Crippen molar-refractivity contribution in [2.45, 2.75) is 0 Å². The van der Waals surface area contributed by atoms with Crippen LogP contribution in [0.5, 0.6) is 0 Å². The van der Waals surface area contributed by atoms with E-state index in [-0.39, 0.29) is 0 Å². The number of benzene rings is 2. The first-order chi connectivity index (χ1) is 10.8. The molecule has 0 aromatic heterocycles. The molecule has 111 valence electrons. The summed E-state index contributed by atoms with van der Waals surface area (Å²) in [6.45, 7) is 1.01. The van der Waals surface area contributed by atoms with Gasteiger partial charge in [-0.15, -0.1) is 0 Å². The first kappa shape index (κ1) is 15.3. The summed E-state index contributed by atoms with van der Waals surface area (Å²) in [5.41, 5.74) is 0. The summed E-state index contributed by atoms with van der Waals surface area (Å²) in [6.07, 6.45) is 6.82. The van der Waals surface area contributed by atoms with Gasteiger partial charge in [-0.25, -0.2) is 0 Å². The Labute approximate surface area is 138 Å². The standard InChI is InChI=1S/C20H21AsN/c1-22(2)16-17-10-9-15-20(17)21(18-11-5-3-6-12-18)19-13-7-4-8-14-19/h3-15H,16H2,1-2H3. The van der Waals surface area contributed by atoms with E-state index < -0.39 is 14.7 Å². The molecule has 0 amide bonds. The van der Waals surface area contributed by atoms with Crippen LogP contribution < -0.4 is 8.70 Å². The number of rotatable bonds is 5. The van der Waals surface area contributed by atoms with E-state index in [0.717, 1.165) is 6.54 Å². The zero-order valence-electron chi connectivity index (χ0n) is 13.1. The first-order valence-corrected chi connectivity index (χ1v) is 10.4. The molecule has 0 unspecified atom stereocenters. The Balaban J connectivity index is 2.00. The molecule has 0 heterocycles. The van der Waals surface area contributed by atoms with Crippen LogP contribution in [0.15, 0.2) is 83.3 Å². The van der Waals surface area contributed by atoms with E-state index in [9.17, 15) is 0 Å². The molecule has 0 saturated carbocycles. The fraction of sp³-hybridized carbons (Fsp3) is 0.150. The van der Waals surface area contributed by atoms with Gasteiger partial charge in [-0.2, -0.15) is 0 Å². The molecule has 0 bridgehead atoms. The van der Waals surface area contributed by atoms with E-state index in [1.165, 1.54) is 14.6 Å². The van der Waals surface area contributed by atoms with Crippen LogP contribution in [0.25, 0.3) is 0 Å². The molecule has 2 aromatic rings. The van der Waals surface area contributed by atoms with Gasteiger partial charge in [0.25, 0.3) is 0 Å². The van der Waals surface area contributed by atoms with Gasteiger partial charge in [-0.3, -0.25) is 0 Å². The van der Waals surface area contributed by atoms with E-state index in [0.29, 0.717) is 0 Å². The fourth-order valence-corrected chi connectivity index (χ4v) is 7.89. The zero-order chi connectivity index (χ0) is 15.4. The molecule has 0 saturated heterocycles. The molecule has 1 nitrogen and oxygen atoms in total. The van der Waals surface area contributed by atoms with E-state index in [1.807, 2.05) is 0 Å². The Hall–Kier alpha value is -1.56. The van der Waals surface area contributed by atoms with Crippen molar-refractivity contribution >= 4 is 23.4 Å². The average Bonchev–Trinajstić information content (AvgIpc) is 2.97. The second kappa shape index (κ2) is 7.13. The summed E-state index contributed by atoms with van der Waals surface area (Å²) < 4.78 is 4.54. The Morgan fingerprint density at radius 1 is 0.818 bits per heavy atom. The zero-order valence-corrected chi connectivity index (χ0v) is 15.0. The molecule has 1 aliphatic rings. The molecule has 3 rings (SSSR count). The summed E-state index contributed by atoms with van der Waals surface area (Å²) in [4.78, 5) is 2.25. The van der Waals surface area contributed by atoms with E-state index in [2.05, 4.69) is 97.9 Å². The molecule has 0 N–H and O–H groups in total. The maximum absolute atomic E-state index is 2.33. The van der Waals surface area contributed by atoms with Crippen molar-refractivity contribution in [1.29, 1.82) is 0 Å². The van der Waals surface area contributed by atoms with Gasteiger partial charge in [-0.1, -0.05) is 0 Å². The number of hydrogen-bond acceptors (Lipinski definition) is 1. The third-order valence-corrected chi connectivity index (χ3v) is 8.98. The molecule has 2 heteroatoms. The van der Waals surface area contributed by atoms with Crippen LogP contribution in [0.3, 0.4) is 0 Å². The van der Waals surface area contributed by atoms with Crippen LogP contribution in [0.1, 0.15) is 0 Å². The predicted octanol–water partition coefficient (Wildman–Crippen LogP) is 2.47. The third-order valence-electron chi connectivity index (χ3n) is 3.64. The molecule has 0 fully saturated rings. The average molecular weight is 350 g/mol. The van der Waals surface area contributed by atoms with Crippen molar-refractivity contribution in [2.24, 2.45) is 0 Å². The first-order valence-electron chi connectivity index (χ1n) is 7.55. The molecule has 1 radical (unpaired) electrons. The van der Waals surface area contributed by atoms with Crippen molar-refractivity contribution in [3.8, 4) is 0 Å². The summed E-state index contributed by atoms with van der Waals surface area (Å²) >= 11 is -1.47. The minimum atomic E-state index is -1.47. The normalized spacial score (nSPS) is 14.8.